The standard InChI is InChI=1S/C42H28O/c1-2-26-7-5-8-31(25-26)33-22-18-30-19-23-36-32(21-17-29-20-24-37(33)41(30)40(29)36)27-13-15-28(16-14-27)34-10-6-11-38-35-9-3-4-12-39(35)43-42(34)38/h3-25H,2H2,1H3. The molecule has 0 amide bonds. The molecule has 0 N–H and O–H groups in total. The molecule has 1 aromatic heterocycles. The van der Waals surface area contributed by atoms with Crippen LogP contribution < -0.4 is 0 Å². The maximum Gasteiger partial charge on any atom is 0.143 e. The normalized spacial score (nSPS) is 11.9. The van der Waals surface area contributed by atoms with Gasteiger partial charge in [-0.15, -0.1) is 0 Å². The predicted molar refractivity (Wildman–Crippen MR) is 183 cm³/mol. The van der Waals surface area contributed by atoms with Crippen molar-refractivity contribution in [3.8, 4) is 33.4 Å². The third kappa shape index (κ3) is 3.65. The van der Waals surface area contributed by atoms with Gasteiger partial charge in [-0.05, 0) is 78.2 Å². The Morgan fingerprint density at radius 2 is 1.05 bits per heavy atom. The van der Waals surface area contributed by atoms with E-state index in [9.17, 15) is 0 Å². The van der Waals surface area contributed by atoms with Crippen molar-refractivity contribution >= 4 is 54.3 Å². The Bertz CT molecular complexity index is 2480. The van der Waals surface area contributed by atoms with E-state index in [4.69, 9.17) is 4.42 Å². The number of furan rings is 1. The molecule has 43 heavy (non-hydrogen) atoms. The fraction of sp³-hybridized carbons (Fsp3) is 0.0476. The molecule has 1 heterocycles. The fourth-order valence-electron chi connectivity index (χ4n) is 7.07. The monoisotopic (exact) mass is 548 g/mol. The van der Waals surface area contributed by atoms with E-state index >= 15 is 0 Å². The van der Waals surface area contributed by atoms with E-state index in [1.165, 1.54) is 60.1 Å². The second kappa shape index (κ2) is 9.31. The van der Waals surface area contributed by atoms with Gasteiger partial charge in [0.05, 0.1) is 0 Å². The quantitative estimate of drug-likeness (QED) is 0.199. The van der Waals surface area contributed by atoms with E-state index in [1.54, 1.807) is 0 Å². The number of aryl methyl sites for hydroxylation is 1. The lowest BCUT2D eigenvalue weighted by Gasteiger charge is -2.17. The van der Waals surface area contributed by atoms with E-state index in [-0.39, 0.29) is 0 Å². The van der Waals surface area contributed by atoms with Crippen molar-refractivity contribution in [2.24, 2.45) is 0 Å². The first-order chi connectivity index (χ1) is 21.3. The Balaban J connectivity index is 1.20. The zero-order valence-corrected chi connectivity index (χ0v) is 23.9. The van der Waals surface area contributed by atoms with Crippen LogP contribution in [-0.4, -0.2) is 0 Å². The van der Waals surface area contributed by atoms with Crippen molar-refractivity contribution in [2.45, 2.75) is 13.3 Å². The van der Waals surface area contributed by atoms with Crippen LogP contribution in [0.2, 0.25) is 0 Å². The van der Waals surface area contributed by atoms with Gasteiger partial charge in [-0.1, -0.05) is 140 Å². The van der Waals surface area contributed by atoms with Crippen LogP contribution in [0.3, 0.4) is 0 Å². The summed E-state index contributed by atoms with van der Waals surface area (Å²) in [5.41, 5.74) is 10.6. The molecule has 0 bridgehead atoms. The van der Waals surface area contributed by atoms with Gasteiger partial charge in [-0.25, -0.2) is 0 Å². The molecule has 8 aromatic carbocycles. The van der Waals surface area contributed by atoms with Gasteiger partial charge in [0.2, 0.25) is 0 Å². The summed E-state index contributed by atoms with van der Waals surface area (Å²) in [4.78, 5) is 0. The van der Waals surface area contributed by atoms with Crippen molar-refractivity contribution < 1.29 is 4.42 Å². The van der Waals surface area contributed by atoms with Gasteiger partial charge >= 0.3 is 0 Å². The van der Waals surface area contributed by atoms with Crippen molar-refractivity contribution in [1.82, 2.24) is 0 Å². The number of benzene rings is 8. The molecular weight excluding hydrogens is 520 g/mol. The second-order valence-electron chi connectivity index (χ2n) is 11.6. The highest BCUT2D eigenvalue weighted by molar-refractivity contribution is 6.27. The maximum atomic E-state index is 6.33. The molecule has 1 nitrogen and oxygen atoms in total. The SMILES string of the molecule is CCc1cccc(-c2ccc3ccc4c(-c5ccc(-c6cccc7c6oc6ccccc67)cc5)ccc5ccc2c3c54)c1. The fourth-order valence-corrected chi connectivity index (χ4v) is 7.07. The van der Waals surface area contributed by atoms with Gasteiger partial charge in [-0.2, -0.15) is 0 Å². The average molecular weight is 549 g/mol. The molecule has 0 saturated heterocycles. The molecule has 0 fully saturated rings. The Kier molecular flexibility index (Phi) is 5.24. The Morgan fingerprint density at radius 1 is 0.442 bits per heavy atom. The number of hydrogen-bond acceptors (Lipinski definition) is 1. The van der Waals surface area contributed by atoms with E-state index in [0.29, 0.717) is 0 Å². The lowest BCUT2D eigenvalue weighted by atomic mass is 9.87. The van der Waals surface area contributed by atoms with E-state index in [2.05, 4.69) is 134 Å². The van der Waals surface area contributed by atoms with Gasteiger partial charge < -0.3 is 4.42 Å². The summed E-state index contributed by atoms with van der Waals surface area (Å²) in [6.45, 7) is 2.22. The highest BCUT2D eigenvalue weighted by Gasteiger charge is 2.16. The molecule has 9 rings (SSSR count). The molecule has 0 aliphatic heterocycles. The van der Waals surface area contributed by atoms with Crippen LogP contribution in [0, 0.1) is 0 Å². The zero-order chi connectivity index (χ0) is 28.5. The number of fused-ring (bicyclic) bond motifs is 3. The lowest BCUT2D eigenvalue weighted by molar-refractivity contribution is 0.670. The first-order valence-corrected chi connectivity index (χ1v) is 15.1. The van der Waals surface area contributed by atoms with E-state index in [0.717, 1.165) is 39.5 Å². The van der Waals surface area contributed by atoms with E-state index < -0.39 is 0 Å². The summed E-state index contributed by atoms with van der Waals surface area (Å²) in [7, 11) is 0. The van der Waals surface area contributed by atoms with Crippen LogP contribution >= 0.6 is 0 Å². The van der Waals surface area contributed by atoms with E-state index in [1.807, 2.05) is 12.1 Å². The Hall–Kier alpha value is -5.40. The first kappa shape index (κ1) is 24.2. The van der Waals surface area contributed by atoms with Crippen molar-refractivity contribution in [2.75, 3.05) is 0 Å². The molecular formula is C42H28O. The minimum Gasteiger partial charge on any atom is -0.455 e. The number of hydrogen-bond donors (Lipinski definition) is 0. The molecule has 1 heteroatoms. The van der Waals surface area contributed by atoms with Crippen LogP contribution in [0.1, 0.15) is 12.5 Å². The zero-order valence-electron chi connectivity index (χ0n) is 23.9. The van der Waals surface area contributed by atoms with Crippen LogP contribution in [0.4, 0.5) is 0 Å². The van der Waals surface area contributed by atoms with Gasteiger partial charge in [0, 0.05) is 16.3 Å². The highest BCUT2D eigenvalue weighted by atomic mass is 16.3. The van der Waals surface area contributed by atoms with Gasteiger partial charge in [-0.3, -0.25) is 0 Å². The topological polar surface area (TPSA) is 13.1 Å². The van der Waals surface area contributed by atoms with Crippen LogP contribution in [-0.2, 0) is 6.42 Å². The third-order valence-electron chi connectivity index (χ3n) is 9.22. The molecule has 0 atom stereocenters. The minimum atomic E-state index is 0.927. The smallest absolute Gasteiger partial charge is 0.143 e. The van der Waals surface area contributed by atoms with Gasteiger partial charge in [0.15, 0.2) is 0 Å². The Labute approximate surface area is 250 Å². The van der Waals surface area contributed by atoms with Crippen LogP contribution in [0.5, 0.6) is 0 Å². The molecule has 0 unspecified atom stereocenters. The molecule has 0 aliphatic carbocycles. The average Bonchev–Trinajstić information content (AvgIpc) is 3.46. The summed E-state index contributed by atoms with van der Waals surface area (Å²) in [6, 6.07) is 51.0. The first-order valence-electron chi connectivity index (χ1n) is 15.1. The molecule has 0 radical (unpaired) electrons. The number of rotatable bonds is 4. The van der Waals surface area contributed by atoms with Crippen LogP contribution in [0.15, 0.2) is 144 Å². The molecule has 9 aromatic rings. The highest BCUT2D eigenvalue weighted by Crippen LogP contribution is 2.43. The molecule has 0 aliphatic rings. The molecule has 0 saturated carbocycles. The second-order valence-corrected chi connectivity index (χ2v) is 11.6. The van der Waals surface area contributed by atoms with Gasteiger partial charge in [0.1, 0.15) is 11.2 Å². The van der Waals surface area contributed by atoms with Crippen molar-refractivity contribution in [1.29, 1.82) is 0 Å². The summed E-state index contributed by atoms with van der Waals surface area (Å²) >= 11 is 0. The predicted octanol–water partition coefficient (Wildman–Crippen LogP) is 12.0. The Morgan fingerprint density at radius 3 is 1.77 bits per heavy atom. The van der Waals surface area contributed by atoms with Crippen molar-refractivity contribution in [3.63, 3.8) is 0 Å². The molecule has 0 spiro atoms. The third-order valence-corrected chi connectivity index (χ3v) is 9.22. The van der Waals surface area contributed by atoms with Crippen molar-refractivity contribution in [3.05, 3.63) is 145 Å². The number of para-hydroxylation sites is 2. The summed E-state index contributed by atoms with van der Waals surface area (Å²) in [5, 5.41) is 10.2. The summed E-state index contributed by atoms with van der Waals surface area (Å²) < 4.78 is 6.33. The molecule has 202 valence electrons. The summed E-state index contributed by atoms with van der Waals surface area (Å²) in [6.07, 6.45) is 1.04. The minimum absolute atomic E-state index is 0.927. The summed E-state index contributed by atoms with van der Waals surface area (Å²) in [5.74, 6) is 0. The van der Waals surface area contributed by atoms with Crippen LogP contribution in [0.25, 0.3) is 87.6 Å². The van der Waals surface area contributed by atoms with Gasteiger partial charge in [0.25, 0.3) is 0 Å². The largest absolute Gasteiger partial charge is 0.455 e. The lowest BCUT2D eigenvalue weighted by Crippen LogP contribution is -1.90. The maximum absolute atomic E-state index is 6.33.